The summed E-state index contributed by atoms with van der Waals surface area (Å²) in [6, 6.07) is 4.63. The Morgan fingerprint density at radius 1 is 1.37 bits per heavy atom. The van der Waals surface area contributed by atoms with Gasteiger partial charge in [0.05, 0.1) is 6.61 Å². The standard InChI is InChI=1S/C19H29FN2O3.CH4S/c1-19(2,3)25-18(23)22-9-4-5-14(13-22)8-10-24-16-6-7-17(20)15(11-16)12-21;1-2/h6-7,11,14H,4-5,8-10,12-13,21H2,1-3H3;2H,1H3. The van der Waals surface area contributed by atoms with Gasteiger partial charge in [-0.25, -0.2) is 9.18 Å². The molecule has 154 valence electrons. The highest BCUT2D eigenvalue weighted by atomic mass is 32.1. The van der Waals surface area contributed by atoms with Crippen LogP contribution in [-0.2, 0) is 11.3 Å². The second-order valence-corrected chi connectivity index (χ2v) is 7.53. The molecule has 5 nitrogen and oxygen atoms in total. The molecule has 1 amide bonds. The molecule has 27 heavy (non-hydrogen) atoms. The minimum Gasteiger partial charge on any atom is -0.494 e. The summed E-state index contributed by atoms with van der Waals surface area (Å²) in [6.45, 7) is 7.73. The maximum absolute atomic E-state index is 13.4. The number of hydrogen-bond acceptors (Lipinski definition) is 5. The molecule has 0 radical (unpaired) electrons. The largest absolute Gasteiger partial charge is 0.494 e. The van der Waals surface area contributed by atoms with E-state index in [0.717, 1.165) is 25.8 Å². The van der Waals surface area contributed by atoms with Crippen molar-refractivity contribution in [3.63, 3.8) is 0 Å². The van der Waals surface area contributed by atoms with Crippen LogP contribution in [0.3, 0.4) is 0 Å². The fraction of sp³-hybridized carbons (Fsp3) is 0.650. The number of piperidine rings is 1. The monoisotopic (exact) mass is 400 g/mol. The first-order chi connectivity index (χ1) is 12.8. The molecule has 1 saturated heterocycles. The first kappa shape index (κ1) is 23.6. The summed E-state index contributed by atoms with van der Waals surface area (Å²) in [4.78, 5) is 14.0. The van der Waals surface area contributed by atoms with Gasteiger partial charge in [-0.15, -0.1) is 0 Å². The quantitative estimate of drug-likeness (QED) is 0.726. The molecule has 1 fully saturated rings. The van der Waals surface area contributed by atoms with Crippen LogP contribution in [-0.4, -0.2) is 42.5 Å². The number of likely N-dealkylation sites (tertiary alicyclic amines) is 1. The van der Waals surface area contributed by atoms with E-state index < -0.39 is 5.60 Å². The van der Waals surface area contributed by atoms with E-state index in [1.54, 1.807) is 23.3 Å². The van der Waals surface area contributed by atoms with Gasteiger partial charge in [0, 0.05) is 25.2 Å². The lowest BCUT2D eigenvalue weighted by molar-refractivity contribution is 0.0154. The number of benzene rings is 1. The Bertz CT molecular complexity index is 593. The molecule has 2 N–H and O–H groups in total. The van der Waals surface area contributed by atoms with Crippen LogP contribution in [0.25, 0.3) is 0 Å². The number of thiol groups is 1. The molecule has 1 unspecified atom stereocenters. The highest BCUT2D eigenvalue weighted by molar-refractivity contribution is 7.79. The van der Waals surface area contributed by atoms with Crippen LogP contribution in [0.4, 0.5) is 9.18 Å². The Morgan fingerprint density at radius 3 is 2.70 bits per heavy atom. The molecule has 1 aliphatic heterocycles. The van der Waals surface area contributed by atoms with E-state index in [1.165, 1.54) is 6.07 Å². The van der Waals surface area contributed by atoms with Gasteiger partial charge < -0.3 is 20.1 Å². The van der Waals surface area contributed by atoms with E-state index in [4.69, 9.17) is 15.2 Å². The summed E-state index contributed by atoms with van der Waals surface area (Å²) < 4.78 is 24.6. The van der Waals surface area contributed by atoms with Crippen molar-refractivity contribution < 1.29 is 18.7 Å². The minimum absolute atomic E-state index is 0.149. The molecule has 1 aromatic rings. The van der Waals surface area contributed by atoms with Crippen LogP contribution in [0, 0.1) is 11.7 Å². The van der Waals surface area contributed by atoms with Crippen LogP contribution >= 0.6 is 12.6 Å². The summed E-state index contributed by atoms with van der Waals surface area (Å²) in [5.74, 6) is 0.701. The summed E-state index contributed by atoms with van der Waals surface area (Å²) in [5.41, 5.74) is 5.48. The molecule has 0 spiro atoms. The number of hydrogen-bond donors (Lipinski definition) is 2. The minimum atomic E-state index is -0.476. The highest BCUT2D eigenvalue weighted by Gasteiger charge is 2.27. The van der Waals surface area contributed by atoms with Crippen molar-refractivity contribution in [2.75, 3.05) is 26.0 Å². The third-order valence-corrected chi connectivity index (χ3v) is 4.20. The third kappa shape index (κ3) is 8.39. The number of halogens is 1. The van der Waals surface area contributed by atoms with Crippen molar-refractivity contribution in [3.8, 4) is 5.75 Å². The molecular formula is C20H33FN2O3S. The second-order valence-electron chi connectivity index (χ2n) is 7.53. The number of carbonyl (C=O) groups is 1. The molecule has 0 aromatic heterocycles. The van der Waals surface area contributed by atoms with Crippen molar-refractivity contribution in [2.24, 2.45) is 11.7 Å². The number of nitrogens with two attached hydrogens (primary N) is 1. The first-order valence-electron chi connectivity index (χ1n) is 9.32. The molecular weight excluding hydrogens is 367 g/mol. The Balaban J connectivity index is 0.00000176. The topological polar surface area (TPSA) is 64.8 Å². The van der Waals surface area contributed by atoms with Gasteiger partial charge in [0.2, 0.25) is 0 Å². The summed E-state index contributed by atoms with van der Waals surface area (Å²) in [6.07, 6.45) is 4.33. The first-order valence-corrected chi connectivity index (χ1v) is 10.2. The molecule has 2 rings (SSSR count). The van der Waals surface area contributed by atoms with Gasteiger partial charge in [-0.2, -0.15) is 12.6 Å². The van der Waals surface area contributed by atoms with Crippen molar-refractivity contribution >= 4 is 18.7 Å². The van der Waals surface area contributed by atoms with Gasteiger partial charge in [-0.05, 0) is 70.4 Å². The molecule has 0 saturated carbocycles. The van der Waals surface area contributed by atoms with E-state index in [9.17, 15) is 9.18 Å². The maximum atomic E-state index is 13.4. The maximum Gasteiger partial charge on any atom is 0.410 e. The summed E-state index contributed by atoms with van der Waals surface area (Å²) in [7, 11) is 0. The van der Waals surface area contributed by atoms with Crippen molar-refractivity contribution in [1.29, 1.82) is 0 Å². The van der Waals surface area contributed by atoms with Crippen LogP contribution < -0.4 is 10.5 Å². The Labute approximate surface area is 167 Å². The molecule has 1 aromatic carbocycles. The van der Waals surface area contributed by atoms with Gasteiger partial charge in [-0.1, -0.05) is 0 Å². The van der Waals surface area contributed by atoms with Crippen LogP contribution in [0.15, 0.2) is 18.2 Å². The number of carbonyl (C=O) groups excluding carboxylic acids is 1. The lowest BCUT2D eigenvalue weighted by Gasteiger charge is -2.34. The number of nitrogens with zero attached hydrogens (tertiary/aromatic N) is 1. The van der Waals surface area contributed by atoms with Gasteiger partial charge in [-0.3, -0.25) is 0 Å². The Hall–Kier alpha value is -1.47. The average Bonchev–Trinajstić information content (AvgIpc) is 2.63. The molecule has 1 aliphatic rings. The molecule has 1 heterocycles. The zero-order valence-electron chi connectivity index (χ0n) is 16.8. The number of rotatable bonds is 5. The average molecular weight is 401 g/mol. The SMILES string of the molecule is CC(C)(C)OC(=O)N1CCCC(CCOc2ccc(F)c(CN)c2)C1.CS. The number of amides is 1. The smallest absolute Gasteiger partial charge is 0.410 e. The van der Waals surface area contributed by atoms with Crippen molar-refractivity contribution in [3.05, 3.63) is 29.6 Å². The van der Waals surface area contributed by atoms with Crippen molar-refractivity contribution in [2.45, 2.75) is 52.2 Å². The lowest BCUT2D eigenvalue weighted by atomic mass is 9.95. The van der Waals surface area contributed by atoms with Gasteiger partial charge in [0.1, 0.15) is 17.2 Å². The van der Waals surface area contributed by atoms with Crippen LogP contribution in [0.2, 0.25) is 0 Å². The summed E-state index contributed by atoms with van der Waals surface area (Å²) in [5, 5.41) is 0. The predicted octanol–water partition coefficient (Wildman–Crippen LogP) is 4.25. The number of ether oxygens (including phenoxy) is 2. The molecule has 0 aliphatic carbocycles. The fourth-order valence-electron chi connectivity index (χ4n) is 2.93. The van der Waals surface area contributed by atoms with Crippen LogP contribution in [0.5, 0.6) is 5.75 Å². The van der Waals surface area contributed by atoms with Crippen LogP contribution in [0.1, 0.15) is 45.6 Å². The molecule has 0 bridgehead atoms. The van der Waals surface area contributed by atoms with E-state index in [2.05, 4.69) is 12.6 Å². The third-order valence-electron chi connectivity index (χ3n) is 4.20. The van der Waals surface area contributed by atoms with Gasteiger partial charge in [0.15, 0.2) is 0 Å². The predicted molar refractivity (Wildman–Crippen MR) is 110 cm³/mol. The lowest BCUT2D eigenvalue weighted by Crippen LogP contribution is -2.43. The fourth-order valence-corrected chi connectivity index (χ4v) is 2.93. The molecule has 1 atom stereocenters. The van der Waals surface area contributed by atoms with E-state index in [1.807, 2.05) is 20.8 Å². The highest BCUT2D eigenvalue weighted by Crippen LogP contribution is 2.23. The summed E-state index contributed by atoms with van der Waals surface area (Å²) >= 11 is 3.53. The van der Waals surface area contributed by atoms with E-state index in [-0.39, 0.29) is 18.5 Å². The van der Waals surface area contributed by atoms with Crippen molar-refractivity contribution in [1.82, 2.24) is 4.90 Å². The van der Waals surface area contributed by atoms with Gasteiger partial charge >= 0.3 is 6.09 Å². The van der Waals surface area contributed by atoms with E-state index in [0.29, 0.717) is 30.4 Å². The zero-order valence-corrected chi connectivity index (χ0v) is 17.7. The Morgan fingerprint density at radius 2 is 2.07 bits per heavy atom. The normalized spacial score (nSPS) is 17.0. The Kier molecular flexibility index (Phi) is 9.94. The molecule has 7 heteroatoms. The van der Waals surface area contributed by atoms with E-state index >= 15 is 0 Å². The van der Waals surface area contributed by atoms with Gasteiger partial charge in [0.25, 0.3) is 0 Å². The second kappa shape index (κ2) is 11.4. The zero-order chi connectivity index (χ0) is 20.4.